The number of benzene rings is 1. The molecule has 15 heavy (non-hydrogen) atoms. The van der Waals surface area contributed by atoms with Crippen LogP contribution in [-0.2, 0) is 0 Å². The van der Waals surface area contributed by atoms with Crippen molar-refractivity contribution in [3.63, 3.8) is 0 Å². The third kappa shape index (κ3) is 1.89. The average Bonchev–Trinajstić information content (AvgIpc) is 2.67. The van der Waals surface area contributed by atoms with Crippen LogP contribution in [0.1, 0.15) is 5.56 Å². The molecule has 0 aliphatic carbocycles. The Hall–Kier alpha value is -1.70. The van der Waals surface area contributed by atoms with E-state index in [4.69, 9.17) is 0 Å². The van der Waals surface area contributed by atoms with Crippen LogP contribution in [0.15, 0.2) is 42.6 Å². The van der Waals surface area contributed by atoms with Crippen molar-refractivity contribution in [1.29, 1.82) is 0 Å². The Balaban J connectivity index is 2.45. The molecule has 2 rings (SSSR count). The van der Waals surface area contributed by atoms with Crippen LogP contribution in [0.3, 0.4) is 0 Å². The van der Waals surface area contributed by atoms with Crippen molar-refractivity contribution in [3.05, 3.63) is 48.2 Å². The molecular formula is C13H16N2. The number of aryl methyl sites for hydroxylation is 1. The van der Waals surface area contributed by atoms with Crippen LogP contribution in [0, 0.1) is 6.92 Å². The SMILES string of the molecule is Cc1ccc(-c2cccn2N(C)C)cc1. The van der Waals surface area contributed by atoms with Gasteiger partial charge in [-0.25, -0.2) is 0 Å². The summed E-state index contributed by atoms with van der Waals surface area (Å²) in [5.74, 6) is 0. The lowest BCUT2D eigenvalue weighted by Crippen LogP contribution is -2.24. The molecule has 0 fully saturated rings. The van der Waals surface area contributed by atoms with Gasteiger partial charge in [0.2, 0.25) is 0 Å². The Morgan fingerprint density at radius 3 is 2.27 bits per heavy atom. The number of hydrogen-bond donors (Lipinski definition) is 0. The zero-order chi connectivity index (χ0) is 10.8. The zero-order valence-corrected chi connectivity index (χ0v) is 9.44. The molecule has 0 aliphatic heterocycles. The third-order valence-corrected chi connectivity index (χ3v) is 2.51. The first kappa shape index (κ1) is 9.84. The zero-order valence-electron chi connectivity index (χ0n) is 9.44. The van der Waals surface area contributed by atoms with E-state index in [-0.39, 0.29) is 0 Å². The Morgan fingerprint density at radius 2 is 1.67 bits per heavy atom. The van der Waals surface area contributed by atoms with E-state index >= 15 is 0 Å². The number of aromatic nitrogens is 1. The van der Waals surface area contributed by atoms with Crippen molar-refractivity contribution in [2.24, 2.45) is 0 Å². The fourth-order valence-corrected chi connectivity index (χ4v) is 1.67. The summed E-state index contributed by atoms with van der Waals surface area (Å²) in [6, 6.07) is 12.8. The normalized spacial score (nSPS) is 10.3. The quantitative estimate of drug-likeness (QED) is 0.723. The lowest BCUT2D eigenvalue weighted by molar-refractivity contribution is 0.744. The molecule has 0 bridgehead atoms. The van der Waals surface area contributed by atoms with Gasteiger partial charge in [0.25, 0.3) is 0 Å². The highest BCUT2D eigenvalue weighted by Gasteiger charge is 2.04. The van der Waals surface area contributed by atoms with E-state index in [9.17, 15) is 0 Å². The van der Waals surface area contributed by atoms with Gasteiger partial charge in [0.15, 0.2) is 0 Å². The second kappa shape index (κ2) is 3.81. The van der Waals surface area contributed by atoms with Gasteiger partial charge in [-0.05, 0) is 19.1 Å². The van der Waals surface area contributed by atoms with Gasteiger partial charge >= 0.3 is 0 Å². The number of nitrogens with zero attached hydrogens (tertiary/aromatic N) is 2. The summed E-state index contributed by atoms with van der Waals surface area (Å²) in [6.45, 7) is 2.11. The first-order valence-corrected chi connectivity index (χ1v) is 5.10. The van der Waals surface area contributed by atoms with E-state index in [1.54, 1.807) is 0 Å². The molecule has 0 amide bonds. The Morgan fingerprint density at radius 1 is 1.00 bits per heavy atom. The smallest absolute Gasteiger partial charge is 0.0694 e. The second-order valence-corrected chi connectivity index (χ2v) is 3.95. The largest absolute Gasteiger partial charge is 0.319 e. The van der Waals surface area contributed by atoms with Gasteiger partial charge in [-0.2, -0.15) is 0 Å². The molecule has 0 spiro atoms. The maximum absolute atomic E-state index is 2.16. The maximum atomic E-state index is 2.16. The summed E-state index contributed by atoms with van der Waals surface area (Å²) < 4.78 is 2.13. The highest BCUT2D eigenvalue weighted by atomic mass is 15.5. The van der Waals surface area contributed by atoms with Crippen LogP contribution in [0.5, 0.6) is 0 Å². The van der Waals surface area contributed by atoms with Crippen LogP contribution in [0.4, 0.5) is 0 Å². The highest BCUT2D eigenvalue weighted by molar-refractivity contribution is 5.60. The van der Waals surface area contributed by atoms with Crippen molar-refractivity contribution in [2.75, 3.05) is 19.1 Å². The van der Waals surface area contributed by atoms with E-state index in [0.717, 1.165) is 0 Å². The standard InChI is InChI=1S/C13H16N2/c1-11-6-8-12(9-7-11)13-5-4-10-15(13)14(2)3/h4-10H,1-3H3. The topological polar surface area (TPSA) is 8.17 Å². The van der Waals surface area contributed by atoms with Gasteiger partial charge in [-0.1, -0.05) is 29.8 Å². The number of hydrogen-bond acceptors (Lipinski definition) is 1. The molecule has 0 radical (unpaired) electrons. The van der Waals surface area contributed by atoms with Crippen LogP contribution in [-0.4, -0.2) is 18.8 Å². The minimum absolute atomic E-state index is 1.22. The summed E-state index contributed by atoms with van der Waals surface area (Å²) in [7, 11) is 4.08. The Labute approximate surface area is 90.7 Å². The summed E-state index contributed by atoms with van der Waals surface area (Å²) in [5, 5.41) is 2.06. The van der Waals surface area contributed by atoms with Gasteiger partial charge in [-0.3, -0.25) is 4.68 Å². The third-order valence-electron chi connectivity index (χ3n) is 2.51. The molecule has 78 valence electrons. The van der Waals surface area contributed by atoms with Crippen LogP contribution in [0.25, 0.3) is 11.3 Å². The molecule has 0 aliphatic rings. The first-order chi connectivity index (χ1) is 7.18. The minimum atomic E-state index is 1.22. The molecule has 1 aromatic heterocycles. The molecule has 0 unspecified atom stereocenters. The van der Waals surface area contributed by atoms with Crippen LogP contribution >= 0.6 is 0 Å². The Kier molecular flexibility index (Phi) is 2.50. The molecule has 1 aromatic carbocycles. The summed E-state index contributed by atoms with van der Waals surface area (Å²) >= 11 is 0. The second-order valence-electron chi connectivity index (χ2n) is 3.95. The monoisotopic (exact) mass is 200 g/mol. The summed E-state index contributed by atoms with van der Waals surface area (Å²) in [6.07, 6.45) is 2.06. The molecule has 0 atom stereocenters. The molecule has 0 saturated heterocycles. The highest BCUT2D eigenvalue weighted by Crippen LogP contribution is 2.20. The fraction of sp³-hybridized carbons (Fsp3) is 0.231. The predicted octanol–water partition coefficient (Wildman–Crippen LogP) is 2.66. The van der Waals surface area contributed by atoms with E-state index < -0.39 is 0 Å². The Bertz CT molecular complexity index is 438. The van der Waals surface area contributed by atoms with Gasteiger partial charge in [0.05, 0.1) is 5.69 Å². The molecule has 2 heteroatoms. The van der Waals surface area contributed by atoms with Gasteiger partial charge in [0, 0.05) is 25.9 Å². The molecule has 1 heterocycles. The molecule has 0 N–H and O–H groups in total. The maximum Gasteiger partial charge on any atom is 0.0694 e. The van der Waals surface area contributed by atoms with E-state index in [1.165, 1.54) is 16.8 Å². The van der Waals surface area contributed by atoms with Crippen LogP contribution in [0.2, 0.25) is 0 Å². The van der Waals surface area contributed by atoms with E-state index in [0.29, 0.717) is 0 Å². The van der Waals surface area contributed by atoms with E-state index in [2.05, 4.69) is 59.2 Å². The van der Waals surface area contributed by atoms with Crippen LogP contribution < -0.4 is 5.01 Å². The van der Waals surface area contributed by atoms with Crippen molar-refractivity contribution in [1.82, 2.24) is 4.68 Å². The molecule has 2 nitrogen and oxygen atoms in total. The van der Waals surface area contributed by atoms with E-state index in [1.807, 2.05) is 14.1 Å². The molecule has 0 saturated carbocycles. The minimum Gasteiger partial charge on any atom is -0.319 e. The number of rotatable bonds is 2. The van der Waals surface area contributed by atoms with Crippen molar-refractivity contribution >= 4 is 0 Å². The van der Waals surface area contributed by atoms with Gasteiger partial charge in [-0.15, -0.1) is 0 Å². The van der Waals surface area contributed by atoms with Crippen molar-refractivity contribution in [2.45, 2.75) is 6.92 Å². The lowest BCUT2D eigenvalue weighted by atomic mass is 10.1. The van der Waals surface area contributed by atoms with Gasteiger partial charge < -0.3 is 5.01 Å². The average molecular weight is 200 g/mol. The lowest BCUT2D eigenvalue weighted by Gasteiger charge is -2.18. The summed E-state index contributed by atoms with van der Waals surface area (Å²) in [5.41, 5.74) is 3.76. The molecule has 2 aromatic rings. The summed E-state index contributed by atoms with van der Waals surface area (Å²) in [4.78, 5) is 0. The first-order valence-electron chi connectivity index (χ1n) is 5.10. The van der Waals surface area contributed by atoms with Gasteiger partial charge in [0.1, 0.15) is 0 Å². The van der Waals surface area contributed by atoms with Crippen molar-refractivity contribution in [3.8, 4) is 11.3 Å². The molecular weight excluding hydrogens is 184 g/mol. The predicted molar refractivity (Wildman–Crippen MR) is 64.7 cm³/mol. The fourth-order valence-electron chi connectivity index (χ4n) is 1.67. The van der Waals surface area contributed by atoms with Crippen molar-refractivity contribution < 1.29 is 0 Å².